The van der Waals surface area contributed by atoms with Crippen molar-refractivity contribution in [3.05, 3.63) is 71.8 Å². The summed E-state index contributed by atoms with van der Waals surface area (Å²) >= 11 is 0. The number of fused-ring (bicyclic) bond motifs is 1. The number of pyridine rings is 1. The van der Waals surface area contributed by atoms with E-state index in [0.717, 1.165) is 5.56 Å². The van der Waals surface area contributed by atoms with E-state index in [1.54, 1.807) is 6.07 Å². The van der Waals surface area contributed by atoms with Crippen LogP contribution in [0.2, 0.25) is 0 Å². The predicted molar refractivity (Wildman–Crippen MR) is 83.7 cm³/mol. The zero-order chi connectivity index (χ0) is 15.5. The molecule has 0 fully saturated rings. The maximum absolute atomic E-state index is 14.1. The minimum Gasteiger partial charge on any atom is -0.398 e. The molecule has 0 bridgehead atoms. The molecule has 0 saturated carbocycles. The fourth-order valence-electron chi connectivity index (χ4n) is 2.31. The number of hydrogen-bond donors (Lipinski definition) is 2. The molecule has 110 valence electrons. The Morgan fingerprint density at radius 2 is 1.91 bits per heavy atom. The smallest absolute Gasteiger partial charge is 0.270 e. The normalized spacial score (nSPS) is 10.6. The van der Waals surface area contributed by atoms with Crippen LogP contribution < -0.4 is 11.1 Å². The van der Waals surface area contributed by atoms with Crippen LogP contribution in [-0.4, -0.2) is 10.9 Å². The first kappa shape index (κ1) is 14.0. The lowest BCUT2D eigenvalue weighted by molar-refractivity contribution is 0.0947. The highest BCUT2D eigenvalue weighted by molar-refractivity contribution is 6.08. The van der Waals surface area contributed by atoms with Gasteiger partial charge in [-0.15, -0.1) is 0 Å². The van der Waals surface area contributed by atoms with E-state index in [2.05, 4.69) is 10.3 Å². The van der Waals surface area contributed by atoms with E-state index in [9.17, 15) is 9.18 Å². The average molecular weight is 295 g/mol. The Bertz CT molecular complexity index is 834. The lowest BCUT2D eigenvalue weighted by Crippen LogP contribution is -2.24. The van der Waals surface area contributed by atoms with Gasteiger partial charge in [0.2, 0.25) is 0 Å². The highest BCUT2D eigenvalue weighted by atomic mass is 19.1. The van der Waals surface area contributed by atoms with Gasteiger partial charge in [0.25, 0.3) is 5.91 Å². The van der Waals surface area contributed by atoms with Crippen molar-refractivity contribution < 1.29 is 9.18 Å². The number of halogens is 1. The van der Waals surface area contributed by atoms with Crippen LogP contribution in [0.3, 0.4) is 0 Å². The number of nitrogens with two attached hydrogens (primary N) is 1. The van der Waals surface area contributed by atoms with Crippen molar-refractivity contribution >= 4 is 22.4 Å². The largest absolute Gasteiger partial charge is 0.398 e. The zero-order valence-electron chi connectivity index (χ0n) is 11.7. The fourth-order valence-corrected chi connectivity index (χ4v) is 2.31. The first-order valence-electron chi connectivity index (χ1n) is 6.81. The number of rotatable bonds is 3. The number of carbonyl (C=O) groups is 1. The molecule has 3 N–H and O–H groups in total. The topological polar surface area (TPSA) is 68.0 Å². The van der Waals surface area contributed by atoms with Crippen LogP contribution in [-0.2, 0) is 6.54 Å². The Labute approximate surface area is 126 Å². The van der Waals surface area contributed by atoms with Gasteiger partial charge in [-0.25, -0.2) is 4.39 Å². The third kappa shape index (κ3) is 2.61. The molecule has 0 unspecified atom stereocenters. The Hall–Kier alpha value is -2.95. The van der Waals surface area contributed by atoms with Gasteiger partial charge in [-0.2, -0.15) is 0 Å². The van der Waals surface area contributed by atoms with Crippen LogP contribution in [0.4, 0.5) is 10.1 Å². The van der Waals surface area contributed by atoms with Crippen LogP contribution in [0.1, 0.15) is 16.1 Å². The number of nitrogen functional groups attached to an aromatic ring is 1. The Morgan fingerprint density at radius 1 is 1.14 bits per heavy atom. The molecule has 0 saturated heterocycles. The number of nitrogens with zero attached hydrogens (tertiary/aromatic N) is 1. The minimum atomic E-state index is -0.512. The van der Waals surface area contributed by atoms with Gasteiger partial charge in [-0.3, -0.25) is 9.78 Å². The summed E-state index contributed by atoms with van der Waals surface area (Å²) in [5.74, 6) is -0.943. The first-order chi connectivity index (χ1) is 10.7. The summed E-state index contributed by atoms with van der Waals surface area (Å²) in [7, 11) is 0. The van der Waals surface area contributed by atoms with Gasteiger partial charge in [0.15, 0.2) is 0 Å². The summed E-state index contributed by atoms with van der Waals surface area (Å²) in [6.45, 7) is 0.349. The maximum atomic E-state index is 14.1. The van der Waals surface area contributed by atoms with E-state index in [4.69, 9.17) is 5.73 Å². The average Bonchev–Trinajstić information content (AvgIpc) is 2.56. The molecule has 0 aliphatic heterocycles. The fraction of sp³-hybridized carbons (Fsp3) is 0.0588. The molecule has 0 aliphatic carbocycles. The van der Waals surface area contributed by atoms with E-state index in [1.807, 2.05) is 30.3 Å². The van der Waals surface area contributed by atoms with Crippen LogP contribution in [0, 0.1) is 5.82 Å². The van der Waals surface area contributed by atoms with E-state index < -0.39 is 11.7 Å². The van der Waals surface area contributed by atoms with Gasteiger partial charge < -0.3 is 11.1 Å². The molecule has 5 heteroatoms. The van der Waals surface area contributed by atoms with Gasteiger partial charge in [0.05, 0.1) is 5.39 Å². The minimum absolute atomic E-state index is 0.0400. The monoisotopic (exact) mass is 295 g/mol. The second-order valence-electron chi connectivity index (χ2n) is 4.89. The summed E-state index contributed by atoms with van der Waals surface area (Å²) < 4.78 is 14.1. The van der Waals surface area contributed by atoms with E-state index in [-0.39, 0.29) is 11.1 Å². The van der Waals surface area contributed by atoms with Crippen molar-refractivity contribution in [2.75, 3.05) is 5.73 Å². The number of benzene rings is 2. The van der Waals surface area contributed by atoms with Crippen LogP contribution in [0.25, 0.3) is 10.8 Å². The molecule has 3 rings (SSSR count). The van der Waals surface area contributed by atoms with Crippen LogP contribution in [0.5, 0.6) is 0 Å². The van der Waals surface area contributed by atoms with Crippen molar-refractivity contribution in [1.29, 1.82) is 0 Å². The molecule has 0 radical (unpaired) electrons. The molecular formula is C17H14FN3O. The molecule has 22 heavy (non-hydrogen) atoms. The van der Waals surface area contributed by atoms with E-state index >= 15 is 0 Å². The summed E-state index contributed by atoms with van der Waals surface area (Å²) in [4.78, 5) is 16.3. The van der Waals surface area contributed by atoms with E-state index in [1.165, 1.54) is 18.3 Å². The van der Waals surface area contributed by atoms with Gasteiger partial charge in [-0.1, -0.05) is 30.3 Å². The Balaban J connectivity index is 1.93. The number of nitrogens with one attached hydrogen (secondary N) is 1. The molecule has 0 spiro atoms. The third-order valence-electron chi connectivity index (χ3n) is 3.42. The highest BCUT2D eigenvalue weighted by Gasteiger charge is 2.16. The van der Waals surface area contributed by atoms with Crippen LogP contribution in [0.15, 0.2) is 54.7 Å². The zero-order valence-corrected chi connectivity index (χ0v) is 11.7. The summed E-state index contributed by atoms with van der Waals surface area (Å²) in [6.07, 6.45) is 1.45. The van der Waals surface area contributed by atoms with Crippen molar-refractivity contribution in [3.8, 4) is 0 Å². The Morgan fingerprint density at radius 3 is 2.68 bits per heavy atom. The van der Waals surface area contributed by atoms with Gasteiger partial charge in [0, 0.05) is 23.8 Å². The molecule has 3 aromatic rings. The molecule has 1 heterocycles. The summed E-state index contributed by atoms with van der Waals surface area (Å²) in [5.41, 5.74) is 7.24. The van der Waals surface area contributed by atoms with Gasteiger partial charge in [0.1, 0.15) is 11.5 Å². The number of carbonyl (C=O) groups excluding carboxylic acids is 1. The second kappa shape index (κ2) is 5.81. The van der Waals surface area contributed by atoms with Crippen molar-refractivity contribution in [2.24, 2.45) is 0 Å². The molecule has 2 aromatic carbocycles. The predicted octanol–water partition coefficient (Wildman–Crippen LogP) is 2.89. The Kier molecular flexibility index (Phi) is 3.70. The summed E-state index contributed by atoms with van der Waals surface area (Å²) in [6, 6.07) is 13.8. The number of amides is 1. The molecular weight excluding hydrogens is 281 g/mol. The van der Waals surface area contributed by atoms with Gasteiger partial charge in [-0.05, 0) is 23.8 Å². The van der Waals surface area contributed by atoms with Crippen molar-refractivity contribution in [2.45, 2.75) is 6.54 Å². The van der Waals surface area contributed by atoms with Crippen molar-refractivity contribution in [3.63, 3.8) is 0 Å². The molecule has 0 atom stereocenters. The van der Waals surface area contributed by atoms with Crippen molar-refractivity contribution in [1.82, 2.24) is 10.3 Å². The van der Waals surface area contributed by atoms with Crippen LogP contribution >= 0.6 is 0 Å². The number of aromatic nitrogens is 1. The standard InChI is InChI=1S/C17H14FN3O/c18-13-6-7-14(19)12-8-9-20-16(15(12)13)17(22)21-10-11-4-2-1-3-5-11/h1-9H,10,19H2,(H,21,22). The quantitative estimate of drug-likeness (QED) is 0.730. The van der Waals surface area contributed by atoms with Gasteiger partial charge >= 0.3 is 0 Å². The molecule has 0 aliphatic rings. The highest BCUT2D eigenvalue weighted by Crippen LogP contribution is 2.25. The maximum Gasteiger partial charge on any atom is 0.270 e. The summed E-state index contributed by atoms with van der Waals surface area (Å²) in [5, 5.41) is 3.38. The number of anilines is 1. The first-order valence-corrected chi connectivity index (χ1v) is 6.81. The molecule has 1 amide bonds. The molecule has 1 aromatic heterocycles. The number of hydrogen-bond acceptors (Lipinski definition) is 3. The lowest BCUT2D eigenvalue weighted by atomic mass is 10.1. The van der Waals surface area contributed by atoms with E-state index in [0.29, 0.717) is 17.6 Å². The SMILES string of the molecule is Nc1ccc(F)c2c(C(=O)NCc3ccccc3)nccc12. The third-order valence-corrected chi connectivity index (χ3v) is 3.42. The molecule has 4 nitrogen and oxygen atoms in total. The lowest BCUT2D eigenvalue weighted by Gasteiger charge is -2.09. The second-order valence-corrected chi connectivity index (χ2v) is 4.89.